The molecular weight excluding hydrogens is 1150 g/mol. The van der Waals surface area contributed by atoms with Crippen LogP contribution in [0.5, 0.6) is 0 Å². The van der Waals surface area contributed by atoms with Crippen molar-refractivity contribution in [2.75, 3.05) is 41.1 Å². The Labute approximate surface area is 497 Å². The summed E-state index contributed by atoms with van der Waals surface area (Å²) in [6.45, 7) is 20.2. The molecule has 4 saturated heterocycles. The number of nitrogens with zero attached hydrogens (tertiary/aromatic N) is 8. The molecule has 86 heavy (non-hydrogen) atoms. The van der Waals surface area contributed by atoms with Crippen LogP contribution in [-0.2, 0) is 47.4 Å². The maximum absolute atomic E-state index is 12.2. The minimum Gasteiger partial charge on any atom is -0.394 e. The molecular formula is C55H81N12O18P. The number of ketones is 1. The molecule has 4 fully saturated rings. The Balaban J connectivity index is 0.000000209. The number of anilines is 4. The third-order valence-corrected chi connectivity index (χ3v) is 15.7. The van der Waals surface area contributed by atoms with Gasteiger partial charge in [-0.1, -0.05) is 69.2 Å². The Morgan fingerprint density at radius 1 is 0.477 bits per heavy atom. The standard InChI is InChI=1S/C15H21N3O4.C14H22N3O4P.C14H21N3O4.C12H17N3O6/c1-5-12(20)16-11-6-7-18(15(21)17-11)14-9(3)8(2)13(22-14)10(4)19;1-4-12(18)15-11-5-6-17(14(19)16-11)13-9(3)8(2)10(21-13)7-20-22;1-4-12(19)15-11-5-6-17(14(20)16-11)13-9(3)8(2)10(7-18)21-13;1-2-8(17)13-7-3-4-15(12(20)14-7)11-10(19)9(18)6(5-16)21-11/h6-9,13-14H,5H2,1-4H3,(H,16,17,20,21);5-6,8-10,13H,4,7,22H2,1-3H3,(H,15,16,18,19);5-6,8-10,13,18H,4,7H2,1-3H3,(H,15,16,19,20);3-4,6,9-11,16,18-19H,2,5H2,1H3,(H,13,14,17,20)/t8-,9-,13-,14+;2*8-,9-,10+,13+;6-,9-,10+,11-/m0001/s1. The number of rotatable bonds is 17. The quantitative estimate of drug-likeness (QED) is 0.0700. The molecule has 0 spiro atoms. The smallest absolute Gasteiger partial charge is 0.351 e. The van der Waals surface area contributed by atoms with E-state index >= 15 is 0 Å². The van der Waals surface area contributed by atoms with Crippen LogP contribution in [0.25, 0.3) is 0 Å². The van der Waals surface area contributed by atoms with Crippen molar-refractivity contribution in [1.29, 1.82) is 0 Å². The van der Waals surface area contributed by atoms with Crippen molar-refractivity contribution in [3.05, 3.63) is 91.0 Å². The molecule has 8 N–H and O–H groups in total. The first-order valence-electron chi connectivity index (χ1n) is 28.4. The lowest BCUT2D eigenvalue weighted by atomic mass is 9.91. The average molecular weight is 1230 g/mol. The van der Waals surface area contributed by atoms with E-state index in [4.69, 9.17) is 28.6 Å². The molecule has 17 atom stereocenters. The zero-order valence-electron chi connectivity index (χ0n) is 50.0. The van der Waals surface area contributed by atoms with E-state index in [1.807, 2.05) is 34.6 Å². The van der Waals surface area contributed by atoms with Gasteiger partial charge in [0.2, 0.25) is 23.6 Å². The van der Waals surface area contributed by atoms with Gasteiger partial charge < -0.3 is 65.2 Å². The van der Waals surface area contributed by atoms with Crippen molar-refractivity contribution in [1.82, 2.24) is 38.2 Å². The van der Waals surface area contributed by atoms with Crippen LogP contribution in [0, 0.1) is 35.5 Å². The van der Waals surface area contributed by atoms with Gasteiger partial charge in [-0.25, -0.2) is 19.2 Å². The number of ether oxygens (including phenoxy) is 4. The summed E-state index contributed by atoms with van der Waals surface area (Å²) in [6.07, 6.45) is 0.227. The fourth-order valence-corrected chi connectivity index (χ4v) is 9.83. The van der Waals surface area contributed by atoms with E-state index in [1.165, 1.54) is 39.1 Å². The van der Waals surface area contributed by atoms with Gasteiger partial charge in [0, 0.05) is 77.7 Å². The lowest BCUT2D eigenvalue weighted by Gasteiger charge is -2.18. The molecule has 30 nitrogen and oxygen atoms in total. The molecule has 4 aromatic heterocycles. The Morgan fingerprint density at radius 2 is 0.779 bits per heavy atom. The van der Waals surface area contributed by atoms with Gasteiger partial charge in [-0.15, -0.1) is 0 Å². The Kier molecular flexibility index (Phi) is 26.2. The first-order chi connectivity index (χ1) is 40.8. The van der Waals surface area contributed by atoms with Gasteiger partial charge in [0.05, 0.1) is 32.0 Å². The van der Waals surface area contributed by atoms with Crippen molar-refractivity contribution in [3.63, 3.8) is 0 Å². The van der Waals surface area contributed by atoms with Crippen LogP contribution in [0.2, 0.25) is 0 Å². The number of aliphatic hydroxyl groups is 4. The van der Waals surface area contributed by atoms with Crippen molar-refractivity contribution in [3.8, 4) is 0 Å². The van der Waals surface area contributed by atoms with E-state index in [0.29, 0.717) is 25.9 Å². The van der Waals surface area contributed by atoms with Gasteiger partial charge in [0.15, 0.2) is 12.0 Å². The molecule has 0 radical (unpaired) electrons. The molecule has 0 aromatic carbocycles. The summed E-state index contributed by atoms with van der Waals surface area (Å²) >= 11 is 0. The second-order valence-corrected chi connectivity index (χ2v) is 21.5. The summed E-state index contributed by atoms with van der Waals surface area (Å²) in [5.41, 5.74) is -2.18. The number of carbonyl (C=O) groups excluding carboxylic acids is 5. The summed E-state index contributed by atoms with van der Waals surface area (Å²) in [5.74, 6) is 0.560. The van der Waals surface area contributed by atoms with Crippen LogP contribution in [0.1, 0.15) is 127 Å². The van der Waals surface area contributed by atoms with E-state index in [9.17, 15) is 58.5 Å². The van der Waals surface area contributed by atoms with Crippen LogP contribution in [-0.4, -0.2) is 144 Å². The minimum absolute atomic E-state index is 0.00415. The van der Waals surface area contributed by atoms with E-state index in [1.54, 1.807) is 58.3 Å². The van der Waals surface area contributed by atoms with Crippen LogP contribution < -0.4 is 44.0 Å². The fourth-order valence-electron chi connectivity index (χ4n) is 9.64. The third kappa shape index (κ3) is 17.4. The van der Waals surface area contributed by atoms with Crippen molar-refractivity contribution < 1.29 is 67.9 Å². The molecule has 8 heterocycles. The van der Waals surface area contributed by atoms with Crippen LogP contribution in [0.15, 0.2) is 68.2 Å². The second kappa shape index (κ2) is 32.2. The normalized spacial score (nSPS) is 28.1. The van der Waals surface area contributed by atoms with Crippen LogP contribution >= 0.6 is 9.47 Å². The van der Waals surface area contributed by atoms with Crippen molar-refractivity contribution in [2.24, 2.45) is 35.5 Å². The highest BCUT2D eigenvalue weighted by molar-refractivity contribution is 7.09. The number of hydrogen-bond donors (Lipinski definition) is 8. The first kappa shape index (κ1) is 69.9. The predicted octanol–water partition coefficient (Wildman–Crippen LogP) is 1.88. The van der Waals surface area contributed by atoms with Gasteiger partial charge in [-0.2, -0.15) is 19.9 Å². The lowest BCUT2D eigenvalue weighted by Crippen LogP contribution is -2.36. The molecule has 4 aromatic rings. The van der Waals surface area contributed by atoms with Crippen LogP contribution in [0.3, 0.4) is 0 Å². The lowest BCUT2D eigenvalue weighted by molar-refractivity contribution is -0.131. The summed E-state index contributed by atoms with van der Waals surface area (Å²) in [5, 5.41) is 47.9. The van der Waals surface area contributed by atoms with Gasteiger partial charge in [-0.05, 0) is 48.9 Å². The number of carbonyl (C=O) groups is 5. The highest BCUT2D eigenvalue weighted by Crippen LogP contribution is 2.40. The molecule has 31 heteroatoms. The minimum atomic E-state index is -1.36. The van der Waals surface area contributed by atoms with E-state index in [0.717, 1.165) is 4.57 Å². The largest absolute Gasteiger partial charge is 0.394 e. The number of hydrogen-bond acceptors (Lipinski definition) is 22. The van der Waals surface area contributed by atoms with Crippen molar-refractivity contribution in [2.45, 2.75) is 163 Å². The molecule has 4 aliphatic rings. The number of amides is 4. The summed E-state index contributed by atoms with van der Waals surface area (Å²) in [6, 6.07) is 6.11. The molecule has 4 amide bonds. The van der Waals surface area contributed by atoms with Gasteiger partial charge in [-0.3, -0.25) is 42.2 Å². The maximum atomic E-state index is 12.2. The van der Waals surface area contributed by atoms with E-state index in [-0.39, 0.29) is 120 Å². The van der Waals surface area contributed by atoms with Gasteiger partial charge in [0.25, 0.3) is 0 Å². The average Bonchev–Trinajstić information content (AvgIpc) is 2.29. The summed E-state index contributed by atoms with van der Waals surface area (Å²) in [7, 11) is 2.21. The number of Topliss-reactive ketones (excluding diaryl/α,β-unsaturated/α-hetero) is 1. The molecule has 0 aliphatic carbocycles. The SMILES string of the molecule is CCC(=O)Nc1ccn([C@@H]2O[C@H](C(C)=O)[C@@H](C)[C@@H]2C)c(=O)n1.CCC(=O)Nc1ccn([C@@H]2O[C@H](CO)[C@@H](C)[C@@H]2C)c(=O)n1.CCC(=O)Nc1ccn([C@@H]2O[C@H](CO)[C@@H](O)[C@@H]2O)c(=O)n1.CCC(=O)Nc1ccn([C@@H]2O[C@H](COP)[C@@H](C)[C@@H]2C)c(=O)n1. The third-order valence-electron chi connectivity index (χ3n) is 15.5. The molecule has 4 aliphatic heterocycles. The zero-order valence-corrected chi connectivity index (χ0v) is 51.1. The molecule has 8 rings (SSSR count). The Morgan fingerprint density at radius 3 is 1.06 bits per heavy atom. The Hall–Kier alpha value is -6.86. The first-order valence-corrected chi connectivity index (χ1v) is 28.8. The molecule has 0 saturated carbocycles. The van der Waals surface area contributed by atoms with Gasteiger partial charge >= 0.3 is 22.8 Å². The highest BCUT2D eigenvalue weighted by atomic mass is 31.0. The maximum Gasteiger partial charge on any atom is 0.351 e. The number of aromatic nitrogens is 8. The summed E-state index contributed by atoms with van der Waals surface area (Å²) in [4.78, 5) is 120. The molecule has 474 valence electrons. The monoisotopic (exact) mass is 1230 g/mol. The second-order valence-electron chi connectivity index (χ2n) is 21.2. The molecule has 1 unspecified atom stereocenters. The predicted molar refractivity (Wildman–Crippen MR) is 313 cm³/mol. The van der Waals surface area contributed by atoms with Crippen LogP contribution in [0.4, 0.5) is 23.3 Å². The van der Waals surface area contributed by atoms with E-state index < -0.39 is 72.5 Å². The van der Waals surface area contributed by atoms with Gasteiger partial charge in [0.1, 0.15) is 66.4 Å². The van der Waals surface area contributed by atoms with E-state index in [2.05, 4.69) is 57.6 Å². The summed E-state index contributed by atoms with van der Waals surface area (Å²) < 4.78 is 32.9. The fraction of sp³-hybridized carbons (Fsp3) is 0.618. The zero-order chi connectivity index (χ0) is 63.9. The highest BCUT2D eigenvalue weighted by Gasteiger charge is 2.45. The van der Waals surface area contributed by atoms with Crippen molar-refractivity contribution >= 4 is 62.2 Å². The number of aliphatic hydroxyl groups excluding tert-OH is 4. The topological polar surface area (TPSA) is 400 Å². The molecule has 0 bridgehead atoms. The number of nitrogens with one attached hydrogen (secondary N) is 4. The Bertz CT molecular complexity index is 3110.